The minimum Gasteiger partial charge on any atom is -0.295 e. The van der Waals surface area contributed by atoms with Crippen molar-refractivity contribution in [3.8, 4) is 0 Å². The number of hydrogen-bond donors (Lipinski definition) is 0. The van der Waals surface area contributed by atoms with Crippen LogP contribution in [0.2, 0.25) is 5.15 Å². The van der Waals surface area contributed by atoms with Crippen molar-refractivity contribution >= 4 is 11.6 Å². The summed E-state index contributed by atoms with van der Waals surface area (Å²) in [5.74, 6) is 0. The fourth-order valence-electron chi connectivity index (χ4n) is 1.15. The highest BCUT2D eigenvalue weighted by atomic mass is 35.5. The van der Waals surface area contributed by atoms with Crippen LogP contribution < -0.4 is 0 Å². The molecule has 0 saturated carbocycles. The van der Waals surface area contributed by atoms with Gasteiger partial charge in [-0.1, -0.05) is 18.5 Å². The molecule has 0 aliphatic heterocycles. The van der Waals surface area contributed by atoms with Gasteiger partial charge in [-0.05, 0) is 27.3 Å². The van der Waals surface area contributed by atoms with Crippen LogP contribution in [-0.4, -0.2) is 27.5 Å². The van der Waals surface area contributed by atoms with Gasteiger partial charge >= 0.3 is 0 Å². The monoisotopic (exact) mass is 227 g/mol. The number of hydrogen-bond acceptors (Lipinski definition) is 3. The lowest BCUT2D eigenvalue weighted by Crippen LogP contribution is -2.40. The molecule has 0 aliphatic rings. The maximum Gasteiger partial charge on any atom is 0.147 e. The predicted molar refractivity (Wildman–Crippen MR) is 62.9 cm³/mol. The van der Waals surface area contributed by atoms with Gasteiger partial charge in [0, 0.05) is 12.1 Å². The zero-order chi connectivity index (χ0) is 11.5. The number of rotatable bonds is 4. The Morgan fingerprint density at radius 2 is 2.00 bits per heavy atom. The molecular weight excluding hydrogens is 210 g/mol. The van der Waals surface area contributed by atoms with Crippen molar-refractivity contribution in [2.24, 2.45) is 0 Å². The average Bonchev–Trinajstić information content (AvgIpc) is 2.21. The van der Waals surface area contributed by atoms with E-state index in [1.165, 1.54) is 0 Å². The Hall–Kier alpha value is -0.670. The molecule has 0 atom stereocenters. The van der Waals surface area contributed by atoms with Crippen LogP contribution >= 0.6 is 11.6 Å². The average molecular weight is 228 g/mol. The fourth-order valence-corrected chi connectivity index (χ4v) is 1.25. The molecule has 0 spiro atoms. The highest BCUT2D eigenvalue weighted by Gasteiger charge is 2.21. The minimum atomic E-state index is 0.182. The second-order valence-electron chi connectivity index (χ2n) is 4.35. The van der Waals surface area contributed by atoms with Crippen LogP contribution in [0.1, 0.15) is 32.9 Å². The molecule has 1 heterocycles. The summed E-state index contributed by atoms with van der Waals surface area (Å²) in [6, 6.07) is 0. The van der Waals surface area contributed by atoms with E-state index in [2.05, 4.69) is 42.7 Å². The van der Waals surface area contributed by atoms with E-state index in [9.17, 15) is 0 Å². The van der Waals surface area contributed by atoms with Gasteiger partial charge in [0.15, 0.2) is 0 Å². The van der Waals surface area contributed by atoms with Crippen molar-refractivity contribution in [2.75, 3.05) is 7.05 Å². The first kappa shape index (κ1) is 12.4. The lowest BCUT2D eigenvalue weighted by molar-refractivity contribution is 0.141. The maximum atomic E-state index is 5.68. The molecule has 0 amide bonds. The largest absolute Gasteiger partial charge is 0.295 e. The number of halogens is 1. The van der Waals surface area contributed by atoms with Gasteiger partial charge in [-0.2, -0.15) is 0 Å². The van der Waals surface area contributed by atoms with Crippen LogP contribution in [0.3, 0.4) is 0 Å². The summed E-state index contributed by atoms with van der Waals surface area (Å²) in [6.07, 6.45) is 4.42. The van der Waals surface area contributed by atoms with Gasteiger partial charge in [-0.25, -0.2) is 4.98 Å². The fraction of sp³-hybridized carbons (Fsp3) is 0.636. The molecule has 0 saturated heterocycles. The van der Waals surface area contributed by atoms with E-state index in [1.54, 1.807) is 12.4 Å². The Morgan fingerprint density at radius 3 is 2.47 bits per heavy atom. The standard InChI is InChI=1S/C11H18ClN3/c1-5-11(2,3)15(4)8-9-6-14-10(12)7-13-9/h6-7H,5,8H2,1-4H3. The van der Waals surface area contributed by atoms with Crippen molar-refractivity contribution < 1.29 is 0 Å². The second-order valence-corrected chi connectivity index (χ2v) is 4.74. The third-order valence-corrected chi connectivity index (χ3v) is 3.17. The number of nitrogens with zero attached hydrogens (tertiary/aromatic N) is 3. The van der Waals surface area contributed by atoms with E-state index in [4.69, 9.17) is 11.6 Å². The van der Waals surface area contributed by atoms with Crippen LogP contribution in [-0.2, 0) is 6.54 Å². The lowest BCUT2D eigenvalue weighted by atomic mass is 10.00. The highest BCUT2D eigenvalue weighted by Crippen LogP contribution is 2.18. The summed E-state index contributed by atoms with van der Waals surface area (Å²) < 4.78 is 0. The summed E-state index contributed by atoms with van der Waals surface area (Å²) in [7, 11) is 2.10. The maximum absolute atomic E-state index is 5.68. The van der Waals surface area contributed by atoms with E-state index in [-0.39, 0.29) is 5.54 Å². The van der Waals surface area contributed by atoms with Gasteiger partial charge in [-0.15, -0.1) is 0 Å². The zero-order valence-corrected chi connectivity index (χ0v) is 10.5. The normalized spacial score (nSPS) is 12.1. The van der Waals surface area contributed by atoms with Crippen molar-refractivity contribution in [1.29, 1.82) is 0 Å². The first-order valence-corrected chi connectivity index (χ1v) is 5.51. The Bertz CT molecular complexity index is 308. The van der Waals surface area contributed by atoms with Crippen LogP contribution in [0.25, 0.3) is 0 Å². The highest BCUT2D eigenvalue weighted by molar-refractivity contribution is 6.29. The molecule has 84 valence electrons. The Labute approximate surface area is 96.5 Å². The molecule has 0 aliphatic carbocycles. The first-order valence-electron chi connectivity index (χ1n) is 5.13. The molecule has 0 radical (unpaired) electrons. The van der Waals surface area contributed by atoms with Gasteiger partial charge in [0.25, 0.3) is 0 Å². The zero-order valence-electron chi connectivity index (χ0n) is 9.79. The molecule has 0 N–H and O–H groups in total. The van der Waals surface area contributed by atoms with Gasteiger partial charge < -0.3 is 0 Å². The molecule has 0 unspecified atom stereocenters. The third kappa shape index (κ3) is 3.43. The topological polar surface area (TPSA) is 29.0 Å². The van der Waals surface area contributed by atoms with E-state index in [0.717, 1.165) is 18.7 Å². The van der Waals surface area contributed by atoms with Crippen molar-refractivity contribution in [3.05, 3.63) is 23.2 Å². The summed E-state index contributed by atoms with van der Waals surface area (Å²) >= 11 is 5.68. The van der Waals surface area contributed by atoms with E-state index in [1.807, 2.05) is 0 Å². The number of aromatic nitrogens is 2. The SMILES string of the molecule is CCC(C)(C)N(C)Cc1cnc(Cl)cn1. The van der Waals surface area contributed by atoms with Crippen molar-refractivity contribution in [1.82, 2.24) is 14.9 Å². The van der Waals surface area contributed by atoms with Gasteiger partial charge in [0.05, 0.1) is 18.1 Å². The van der Waals surface area contributed by atoms with Crippen LogP contribution in [0, 0.1) is 0 Å². The van der Waals surface area contributed by atoms with Crippen molar-refractivity contribution in [2.45, 2.75) is 39.3 Å². The lowest BCUT2D eigenvalue weighted by Gasteiger charge is -2.34. The minimum absolute atomic E-state index is 0.182. The van der Waals surface area contributed by atoms with Gasteiger partial charge in [-0.3, -0.25) is 9.88 Å². The van der Waals surface area contributed by atoms with Crippen LogP contribution in [0.5, 0.6) is 0 Å². The smallest absolute Gasteiger partial charge is 0.147 e. The second kappa shape index (κ2) is 4.90. The summed E-state index contributed by atoms with van der Waals surface area (Å²) in [5.41, 5.74) is 1.13. The van der Waals surface area contributed by atoms with Crippen LogP contribution in [0.4, 0.5) is 0 Å². The molecule has 1 rings (SSSR count). The third-order valence-electron chi connectivity index (χ3n) is 2.97. The van der Waals surface area contributed by atoms with Gasteiger partial charge in [0.1, 0.15) is 5.15 Å². The molecule has 3 nitrogen and oxygen atoms in total. The first-order chi connectivity index (χ1) is 6.95. The van der Waals surface area contributed by atoms with E-state index >= 15 is 0 Å². The molecule has 0 bridgehead atoms. The molecule has 4 heteroatoms. The Kier molecular flexibility index (Phi) is 4.05. The van der Waals surface area contributed by atoms with E-state index < -0.39 is 0 Å². The Morgan fingerprint density at radius 1 is 1.33 bits per heavy atom. The van der Waals surface area contributed by atoms with E-state index in [0.29, 0.717) is 5.15 Å². The molecule has 15 heavy (non-hydrogen) atoms. The molecule has 1 aromatic heterocycles. The summed E-state index contributed by atoms with van der Waals surface area (Å²) in [5, 5.41) is 0.441. The molecule has 1 aromatic rings. The molecule has 0 fully saturated rings. The molecule has 0 aromatic carbocycles. The van der Waals surface area contributed by atoms with Crippen molar-refractivity contribution in [3.63, 3.8) is 0 Å². The van der Waals surface area contributed by atoms with Gasteiger partial charge in [0.2, 0.25) is 0 Å². The Balaban J connectivity index is 2.66. The predicted octanol–water partition coefficient (Wildman–Crippen LogP) is 2.75. The van der Waals surface area contributed by atoms with Crippen LogP contribution in [0.15, 0.2) is 12.4 Å². The summed E-state index contributed by atoms with van der Waals surface area (Å²) in [6.45, 7) is 7.42. The quantitative estimate of drug-likeness (QED) is 0.792. The summed E-state index contributed by atoms with van der Waals surface area (Å²) in [4.78, 5) is 10.5. The molecular formula is C11H18ClN3.